The number of nitrogens with zero attached hydrogens (tertiary/aromatic N) is 4. The number of hydrogen-bond donors (Lipinski definition) is 1. The fraction of sp³-hybridized carbons (Fsp3) is 0.276. The number of nitrogens with two attached hydrogens (primary N) is 1. The van der Waals surface area contributed by atoms with Gasteiger partial charge in [0, 0.05) is 41.7 Å². The maximum absolute atomic E-state index is 15.3. The van der Waals surface area contributed by atoms with Crippen molar-refractivity contribution in [3.8, 4) is 28.7 Å². The summed E-state index contributed by atoms with van der Waals surface area (Å²) in [5, 5.41) is 17.5. The van der Waals surface area contributed by atoms with Crippen LogP contribution in [0.15, 0.2) is 65.1 Å². The van der Waals surface area contributed by atoms with E-state index >= 15 is 4.39 Å². The number of rotatable bonds is 7. The molecule has 0 aliphatic carbocycles. The second kappa shape index (κ2) is 10.2. The first kappa shape index (κ1) is 25.8. The van der Waals surface area contributed by atoms with Gasteiger partial charge in [-0.1, -0.05) is 34.9 Å². The van der Waals surface area contributed by atoms with Crippen LogP contribution in [0.25, 0.3) is 22.6 Å². The van der Waals surface area contributed by atoms with Crippen molar-refractivity contribution in [3.05, 3.63) is 88.2 Å². The summed E-state index contributed by atoms with van der Waals surface area (Å²) in [6.07, 6.45) is 0. The summed E-state index contributed by atoms with van der Waals surface area (Å²) in [7, 11) is 0. The predicted octanol–water partition coefficient (Wildman–Crippen LogP) is 6.61. The molecular weight excluding hydrogens is 508 g/mol. The van der Waals surface area contributed by atoms with Gasteiger partial charge in [-0.15, -0.1) is 5.10 Å². The van der Waals surface area contributed by atoms with Crippen LogP contribution >= 0.6 is 11.6 Å². The van der Waals surface area contributed by atoms with Crippen molar-refractivity contribution in [2.75, 3.05) is 18.8 Å². The van der Waals surface area contributed by atoms with Gasteiger partial charge < -0.3 is 10.2 Å². The minimum atomic E-state index is -1.57. The summed E-state index contributed by atoms with van der Waals surface area (Å²) in [5.41, 5.74) is 8.26. The standard InChI is InChI=1S/C29H26ClF2N5O/c1-29(2,32)26(21-8-18(13-33)9-23(31)12-21)22-15-37(16-22)14-17-6-7-25(30)24(10-17)19-4-3-5-20(11-19)27-35-36-28(34)38-27/h3-12,22,26H,14-16H2,1-2H3,(H2,34,36). The Morgan fingerprint density at radius 3 is 2.58 bits per heavy atom. The normalized spacial score (nSPS) is 15.2. The average molecular weight is 534 g/mol. The van der Waals surface area contributed by atoms with Crippen LogP contribution in [0.3, 0.4) is 0 Å². The van der Waals surface area contributed by atoms with Crippen LogP contribution in [0.1, 0.15) is 36.5 Å². The van der Waals surface area contributed by atoms with Gasteiger partial charge in [0.1, 0.15) is 11.5 Å². The molecule has 0 amide bonds. The monoisotopic (exact) mass is 533 g/mol. The third kappa shape index (κ3) is 5.40. The van der Waals surface area contributed by atoms with Gasteiger partial charge >= 0.3 is 6.01 Å². The van der Waals surface area contributed by atoms with Gasteiger partial charge in [0.25, 0.3) is 0 Å². The quantitative estimate of drug-likeness (QED) is 0.287. The number of nitriles is 1. The molecule has 0 bridgehead atoms. The minimum Gasteiger partial charge on any atom is -0.404 e. The smallest absolute Gasteiger partial charge is 0.313 e. The summed E-state index contributed by atoms with van der Waals surface area (Å²) in [6, 6.07) is 19.6. The number of likely N-dealkylation sites (tertiary alicyclic amines) is 1. The van der Waals surface area contributed by atoms with E-state index in [1.165, 1.54) is 26.0 Å². The molecule has 1 saturated heterocycles. The zero-order valence-electron chi connectivity index (χ0n) is 21.0. The van der Waals surface area contributed by atoms with E-state index in [-0.39, 0.29) is 17.5 Å². The van der Waals surface area contributed by atoms with Gasteiger partial charge in [0.05, 0.1) is 11.6 Å². The van der Waals surface area contributed by atoms with Crippen molar-refractivity contribution >= 4 is 17.6 Å². The van der Waals surface area contributed by atoms with E-state index in [2.05, 4.69) is 15.1 Å². The van der Waals surface area contributed by atoms with Crippen molar-refractivity contribution in [3.63, 3.8) is 0 Å². The van der Waals surface area contributed by atoms with Crippen LogP contribution in [0, 0.1) is 23.1 Å². The maximum Gasteiger partial charge on any atom is 0.313 e. The molecule has 1 unspecified atom stereocenters. The minimum absolute atomic E-state index is 0.000394. The summed E-state index contributed by atoms with van der Waals surface area (Å²) in [6.45, 7) is 5.00. The number of anilines is 1. The molecule has 0 saturated carbocycles. The number of nitrogen functional groups attached to an aromatic ring is 1. The zero-order chi connectivity index (χ0) is 27.0. The van der Waals surface area contributed by atoms with Gasteiger partial charge in [-0.3, -0.25) is 4.90 Å². The Bertz CT molecular complexity index is 1520. The third-order valence-corrected chi connectivity index (χ3v) is 7.23. The first-order chi connectivity index (χ1) is 18.1. The van der Waals surface area contributed by atoms with E-state index in [0.29, 0.717) is 36.1 Å². The molecule has 1 fully saturated rings. The molecule has 1 aliphatic heterocycles. The lowest BCUT2D eigenvalue weighted by Crippen LogP contribution is -2.52. The van der Waals surface area contributed by atoms with Crippen LogP contribution in [-0.2, 0) is 6.54 Å². The largest absolute Gasteiger partial charge is 0.404 e. The lowest BCUT2D eigenvalue weighted by atomic mass is 9.73. The summed E-state index contributed by atoms with van der Waals surface area (Å²) in [4.78, 5) is 2.22. The van der Waals surface area contributed by atoms with Crippen LogP contribution in [0.5, 0.6) is 0 Å². The average Bonchev–Trinajstić information content (AvgIpc) is 3.29. The number of hydrogen-bond acceptors (Lipinski definition) is 6. The SMILES string of the molecule is CC(C)(F)C(c1cc(F)cc(C#N)c1)C1CN(Cc2ccc(Cl)c(-c3cccc(-c4nnc(N)o4)c3)c2)C1. The van der Waals surface area contributed by atoms with Crippen molar-refractivity contribution in [1.29, 1.82) is 5.26 Å². The molecule has 194 valence electrons. The lowest BCUT2D eigenvalue weighted by molar-refractivity contribution is 0.0212. The molecular formula is C29H26ClF2N5O. The number of halogens is 3. The molecule has 6 nitrogen and oxygen atoms in total. The van der Waals surface area contributed by atoms with E-state index in [1.54, 1.807) is 6.07 Å². The van der Waals surface area contributed by atoms with Gasteiger partial charge in [0.2, 0.25) is 5.89 Å². The molecule has 4 aromatic rings. The molecule has 0 radical (unpaired) electrons. The van der Waals surface area contributed by atoms with Gasteiger partial charge in [-0.05, 0) is 78.9 Å². The molecule has 1 aromatic heterocycles. The van der Waals surface area contributed by atoms with E-state index in [0.717, 1.165) is 22.3 Å². The van der Waals surface area contributed by atoms with Gasteiger partial charge in [-0.2, -0.15) is 5.26 Å². The Labute approximate surface area is 224 Å². The Balaban J connectivity index is 1.32. The highest BCUT2D eigenvalue weighted by Gasteiger charge is 2.43. The van der Waals surface area contributed by atoms with Gasteiger partial charge in [0.15, 0.2) is 0 Å². The van der Waals surface area contributed by atoms with Crippen LogP contribution in [0.4, 0.5) is 14.8 Å². The van der Waals surface area contributed by atoms with Crippen molar-refractivity contribution in [2.45, 2.75) is 32.0 Å². The Hall–Kier alpha value is -3.80. The fourth-order valence-corrected chi connectivity index (χ4v) is 5.58. The summed E-state index contributed by atoms with van der Waals surface area (Å²) < 4.78 is 34.8. The first-order valence-corrected chi connectivity index (χ1v) is 12.6. The van der Waals surface area contributed by atoms with E-state index in [9.17, 15) is 9.65 Å². The molecule has 9 heteroatoms. The second-order valence-electron chi connectivity index (χ2n) is 10.2. The summed E-state index contributed by atoms with van der Waals surface area (Å²) in [5.74, 6) is -0.726. The van der Waals surface area contributed by atoms with Crippen molar-refractivity contribution in [1.82, 2.24) is 15.1 Å². The maximum atomic E-state index is 15.3. The zero-order valence-corrected chi connectivity index (χ0v) is 21.7. The number of benzene rings is 3. The molecule has 3 aromatic carbocycles. The van der Waals surface area contributed by atoms with Crippen molar-refractivity contribution in [2.24, 2.45) is 5.92 Å². The summed E-state index contributed by atoms with van der Waals surface area (Å²) >= 11 is 6.56. The molecule has 0 spiro atoms. The first-order valence-electron chi connectivity index (χ1n) is 12.2. The van der Waals surface area contributed by atoms with Gasteiger partial charge in [-0.25, -0.2) is 8.78 Å². The Morgan fingerprint density at radius 1 is 1.13 bits per heavy atom. The number of alkyl halides is 1. The molecule has 2 heterocycles. The third-order valence-electron chi connectivity index (χ3n) is 6.90. The van der Waals surface area contributed by atoms with Crippen LogP contribution in [-0.4, -0.2) is 33.9 Å². The molecule has 1 aliphatic rings. The molecule has 38 heavy (non-hydrogen) atoms. The molecule has 2 N–H and O–H groups in total. The van der Waals surface area contributed by atoms with Crippen molar-refractivity contribution < 1.29 is 13.2 Å². The van der Waals surface area contributed by atoms with Crippen LogP contribution in [0.2, 0.25) is 5.02 Å². The Morgan fingerprint density at radius 2 is 1.89 bits per heavy atom. The highest BCUT2D eigenvalue weighted by atomic mass is 35.5. The molecule has 5 rings (SSSR count). The Kier molecular flexibility index (Phi) is 6.91. The van der Waals surface area contributed by atoms with E-state index in [4.69, 9.17) is 21.8 Å². The fourth-order valence-electron chi connectivity index (χ4n) is 5.36. The second-order valence-corrected chi connectivity index (χ2v) is 10.6. The molecule has 1 atom stereocenters. The van der Waals surface area contributed by atoms with Crippen LogP contribution < -0.4 is 5.73 Å². The lowest BCUT2D eigenvalue weighted by Gasteiger charge is -2.46. The highest BCUT2D eigenvalue weighted by Crippen LogP contribution is 2.43. The number of aromatic nitrogens is 2. The topological polar surface area (TPSA) is 92.0 Å². The predicted molar refractivity (Wildman–Crippen MR) is 142 cm³/mol. The highest BCUT2D eigenvalue weighted by molar-refractivity contribution is 6.33. The van der Waals surface area contributed by atoms with E-state index < -0.39 is 17.4 Å². The van der Waals surface area contributed by atoms with E-state index in [1.807, 2.05) is 48.5 Å².